The first-order valence-electron chi connectivity index (χ1n) is 6.05. The van der Waals surface area contributed by atoms with E-state index in [2.05, 4.69) is 0 Å². The van der Waals surface area contributed by atoms with Crippen LogP contribution >= 0.6 is 0 Å². The van der Waals surface area contributed by atoms with Gasteiger partial charge < -0.3 is 4.74 Å². The first kappa shape index (κ1) is 12.4. The van der Waals surface area contributed by atoms with Crippen LogP contribution in [0.4, 0.5) is 0 Å². The Labute approximate surface area is 107 Å². The summed E-state index contributed by atoms with van der Waals surface area (Å²) >= 11 is 0. The molecule has 92 valence electrons. The standard InChI is InChI=1S/C16H16O2/c1-3-18-15-9-5-8-14(11-15)16(17)13-7-4-6-12(2)10-13/h4-11H,3H2,1-2H3. The monoisotopic (exact) mass is 240 g/mol. The van der Waals surface area contributed by atoms with E-state index in [0.29, 0.717) is 17.7 Å². The quantitative estimate of drug-likeness (QED) is 0.763. The van der Waals surface area contributed by atoms with Gasteiger partial charge in [0.05, 0.1) is 6.61 Å². The molecule has 2 heteroatoms. The minimum atomic E-state index is 0.0280. The van der Waals surface area contributed by atoms with E-state index < -0.39 is 0 Å². The van der Waals surface area contributed by atoms with Crippen LogP contribution in [-0.2, 0) is 0 Å². The fourth-order valence-corrected chi connectivity index (χ4v) is 1.85. The van der Waals surface area contributed by atoms with Crippen LogP contribution in [0.2, 0.25) is 0 Å². The lowest BCUT2D eigenvalue weighted by Crippen LogP contribution is -2.02. The molecule has 2 nitrogen and oxygen atoms in total. The van der Waals surface area contributed by atoms with Crippen molar-refractivity contribution in [2.24, 2.45) is 0 Å². The number of benzene rings is 2. The fraction of sp³-hybridized carbons (Fsp3) is 0.188. The third kappa shape index (κ3) is 2.77. The van der Waals surface area contributed by atoms with Gasteiger partial charge in [-0.2, -0.15) is 0 Å². The van der Waals surface area contributed by atoms with E-state index in [-0.39, 0.29) is 5.78 Å². The summed E-state index contributed by atoms with van der Waals surface area (Å²) in [4.78, 5) is 12.3. The van der Waals surface area contributed by atoms with Crippen molar-refractivity contribution in [3.63, 3.8) is 0 Å². The van der Waals surface area contributed by atoms with Gasteiger partial charge >= 0.3 is 0 Å². The molecule has 2 rings (SSSR count). The average Bonchev–Trinajstić information content (AvgIpc) is 2.39. The summed E-state index contributed by atoms with van der Waals surface area (Å²) in [5, 5.41) is 0. The van der Waals surface area contributed by atoms with Gasteiger partial charge in [0.15, 0.2) is 5.78 Å². The van der Waals surface area contributed by atoms with Crippen molar-refractivity contribution in [3.05, 3.63) is 65.2 Å². The zero-order valence-electron chi connectivity index (χ0n) is 10.6. The molecule has 18 heavy (non-hydrogen) atoms. The number of hydrogen-bond acceptors (Lipinski definition) is 2. The highest BCUT2D eigenvalue weighted by Crippen LogP contribution is 2.17. The Hall–Kier alpha value is -2.09. The predicted molar refractivity (Wildman–Crippen MR) is 72.2 cm³/mol. The van der Waals surface area contributed by atoms with Gasteiger partial charge in [-0.3, -0.25) is 4.79 Å². The number of hydrogen-bond donors (Lipinski definition) is 0. The molecule has 0 aliphatic heterocycles. The molecule has 2 aromatic carbocycles. The van der Waals surface area contributed by atoms with Crippen molar-refractivity contribution in [1.29, 1.82) is 0 Å². The Kier molecular flexibility index (Phi) is 3.78. The Balaban J connectivity index is 2.31. The van der Waals surface area contributed by atoms with Crippen LogP contribution in [-0.4, -0.2) is 12.4 Å². The summed E-state index contributed by atoms with van der Waals surface area (Å²) in [6.45, 7) is 4.50. The van der Waals surface area contributed by atoms with Crippen molar-refractivity contribution < 1.29 is 9.53 Å². The third-order valence-corrected chi connectivity index (χ3v) is 2.69. The molecule has 0 fully saturated rings. The van der Waals surface area contributed by atoms with Gasteiger partial charge in [-0.15, -0.1) is 0 Å². The Morgan fingerprint density at radius 3 is 2.39 bits per heavy atom. The van der Waals surface area contributed by atoms with Gasteiger partial charge in [0.1, 0.15) is 5.75 Å². The predicted octanol–water partition coefficient (Wildman–Crippen LogP) is 3.62. The van der Waals surface area contributed by atoms with Crippen LogP contribution in [0.5, 0.6) is 5.75 Å². The van der Waals surface area contributed by atoms with E-state index >= 15 is 0 Å². The first-order valence-corrected chi connectivity index (χ1v) is 6.05. The molecule has 0 aliphatic rings. The van der Waals surface area contributed by atoms with Gasteiger partial charge in [0.2, 0.25) is 0 Å². The van der Waals surface area contributed by atoms with Gasteiger partial charge in [-0.25, -0.2) is 0 Å². The smallest absolute Gasteiger partial charge is 0.193 e. The zero-order valence-corrected chi connectivity index (χ0v) is 10.6. The molecule has 0 saturated carbocycles. The Morgan fingerprint density at radius 2 is 1.72 bits per heavy atom. The Bertz CT molecular complexity index is 559. The minimum Gasteiger partial charge on any atom is -0.494 e. The molecule has 2 aromatic rings. The lowest BCUT2D eigenvalue weighted by atomic mass is 10.0. The van der Waals surface area contributed by atoms with Crippen LogP contribution in [0, 0.1) is 6.92 Å². The van der Waals surface area contributed by atoms with E-state index in [1.54, 1.807) is 6.07 Å². The molecule has 0 amide bonds. The molecule has 0 aromatic heterocycles. The SMILES string of the molecule is CCOc1cccc(C(=O)c2cccc(C)c2)c1. The van der Waals surface area contributed by atoms with Crippen molar-refractivity contribution >= 4 is 5.78 Å². The number of ether oxygens (including phenoxy) is 1. The van der Waals surface area contributed by atoms with E-state index in [4.69, 9.17) is 4.74 Å². The van der Waals surface area contributed by atoms with Gasteiger partial charge in [0, 0.05) is 11.1 Å². The highest BCUT2D eigenvalue weighted by molar-refractivity contribution is 6.09. The van der Waals surface area contributed by atoms with Crippen LogP contribution in [0.25, 0.3) is 0 Å². The van der Waals surface area contributed by atoms with Crippen molar-refractivity contribution in [2.75, 3.05) is 6.61 Å². The summed E-state index contributed by atoms with van der Waals surface area (Å²) in [5.74, 6) is 0.760. The summed E-state index contributed by atoms with van der Waals surface area (Å²) in [6.07, 6.45) is 0. The van der Waals surface area contributed by atoms with Crippen LogP contribution in [0.15, 0.2) is 48.5 Å². The van der Waals surface area contributed by atoms with Gasteiger partial charge in [-0.05, 0) is 32.0 Å². The number of ketones is 1. The molecule has 0 aliphatic carbocycles. The number of rotatable bonds is 4. The van der Waals surface area contributed by atoms with Crippen molar-refractivity contribution in [1.82, 2.24) is 0 Å². The van der Waals surface area contributed by atoms with Crippen LogP contribution in [0.3, 0.4) is 0 Å². The maximum atomic E-state index is 12.3. The fourth-order valence-electron chi connectivity index (χ4n) is 1.85. The highest BCUT2D eigenvalue weighted by atomic mass is 16.5. The molecule has 0 saturated heterocycles. The largest absolute Gasteiger partial charge is 0.494 e. The van der Waals surface area contributed by atoms with Crippen LogP contribution in [0.1, 0.15) is 28.4 Å². The zero-order chi connectivity index (χ0) is 13.0. The number of carbonyl (C=O) groups is 1. The van der Waals surface area contributed by atoms with E-state index in [0.717, 1.165) is 11.3 Å². The van der Waals surface area contributed by atoms with E-state index in [1.807, 2.05) is 56.3 Å². The maximum absolute atomic E-state index is 12.3. The molecule has 0 N–H and O–H groups in total. The minimum absolute atomic E-state index is 0.0280. The molecule has 0 spiro atoms. The topological polar surface area (TPSA) is 26.3 Å². The molecule has 0 bridgehead atoms. The summed E-state index contributed by atoms with van der Waals surface area (Å²) in [5.41, 5.74) is 2.46. The number of carbonyl (C=O) groups excluding carboxylic acids is 1. The highest BCUT2D eigenvalue weighted by Gasteiger charge is 2.09. The Morgan fingerprint density at radius 1 is 1.06 bits per heavy atom. The average molecular weight is 240 g/mol. The molecular weight excluding hydrogens is 224 g/mol. The second-order valence-electron chi connectivity index (χ2n) is 4.16. The maximum Gasteiger partial charge on any atom is 0.193 e. The molecule has 0 radical (unpaired) electrons. The van der Waals surface area contributed by atoms with Crippen LogP contribution < -0.4 is 4.74 Å². The molecule has 0 unspecified atom stereocenters. The van der Waals surface area contributed by atoms with Gasteiger partial charge in [-0.1, -0.05) is 35.9 Å². The van der Waals surface area contributed by atoms with Crippen molar-refractivity contribution in [2.45, 2.75) is 13.8 Å². The number of aryl methyl sites for hydroxylation is 1. The molecular formula is C16H16O2. The second kappa shape index (κ2) is 5.50. The lowest BCUT2D eigenvalue weighted by Gasteiger charge is -2.06. The molecule has 0 heterocycles. The summed E-state index contributed by atoms with van der Waals surface area (Å²) < 4.78 is 5.40. The summed E-state index contributed by atoms with van der Waals surface area (Å²) in [6, 6.07) is 14.9. The molecule has 0 atom stereocenters. The lowest BCUT2D eigenvalue weighted by molar-refractivity contribution is 0.103. The van der Waals surface area contributed by atoms with Crippen molar-refractivity contribution in [3.8, 4) is 5.75 Å². The normalized spacial score (nSPS) is 10.1. The first-order chi connectivity index (χ1) is 8.70. The van der Waals surface area contributed by atoms with Gasteiger partial charge in [0.25, 0.3) is 0 Å². The van der Waals surface area contributed by atoms with E-state index in [1.165, 1.54) is 0 Å². The second-order valence-corrected chi connectivity index (χ2v) is 4.16. The summed E-state index contributed by atoms with van der Waals surface area (Å²) in [7, 11) is 0. The van der Waals surface area contributed by atoms with E-state index in [9.17, 15) is 4.79 Å². The third-order valence-electron chi connectivity index (χ3n) is 2.69.